The fourth-order valence-corrected chi connectivity index (χ4v) is 3.79. The van der Waals surface area contributed by atoms with E-state index < -0.39 is 0 Å². The van der Waals surface area contributed by atoms with Crippen molar-refractivity contribution in [2.45, 2.75) is 6.61 Å². The van der Waals surface area contributed by atoms with Gasteiger partial charge in [0, 0.05) is 26.2 Å². The summed E-state index contributed by atoms with van der Waals surface area (Å²) >= 11 is 0. The number of nitrogens with zero attached hydrogens (tertiary/aromatic N) is 7. The van der Waals surface area contributed by atoms with Crippen LogP contribution in [0.4, 0.5) is 5.95 Å². The molecule has 3 heterocycles. The fraction of sp³-hybridized carbons (Fsp3) is 0.208. The Labute approximate surface area is 195 Å². The zero-order valence-electron chi connectivity index (χ0n) is 18.2. The van der Waals surface area contributed by atoms with E-state index in [0.717, 1.165) is 5.69 Å². The maximum atomic E-state index is 13.0. The number of amides is 1. The van der Waals surface area contributed by atoms with Gasteiger partial charge in [0.2, 0.25) is 5.95 Å². The Bertz CT molecular complexity index is 1320. The molecule has 34 heavy (non-hydrogen) atoms. The smallest absolute Gasteiger partial charge is 0.289 e. The topological polar surface area (TPSA) is 113 Å². The van der Waals surface area contributed by atoms with Crippen molar-refractivity contribution in [1.29, 1.82) is 5.26 Å². The maximum absolute atomic E-state index is 13.0. The number of benzene rings is 2. The quantitative estimate of drug-likeness (QED) is 0.436. The van der Waals surface area contributed by atoms with E-state index in [2.05, 4.69) is 26.5 Å². The SMILES string of the molecule is N#Cc1ccccc1OCc1ccc(C(=O)N2CCN(c3nnnn3-c3ccccc3)CC2)o1. The molecule has 0 spiro atoms. The second-order valence-electron chi connectivity index (χ2n) is 7.67. The minimum atomic E-state index is -0.175. The molecular formula is C24H21N7O3. The lowest BCUT2D eigenvalue weighted by Crippen LogP contribution is -2.49. The van der Waals surface area contributed by atoms with Crippen LogP contribution in [0.1, 0.15) is 21.9 Å². The number of nitriles is 1. The van der Waals surface area contributed by atoms with Gasteiger partial charge in [-0.3, -0.25) is 4.79 Å². The van der Waals surface area contributed by atoms with Crippen molar-refractivity contribution >= 4 is 11.9 Å². The average molecular weight is 455 g/mol. The van der Waals surface area contributed by atoms with Crippen LogP contribution in [0.2, 0.25) is 0 Å². The largest absolute Gasteiger partial charge is 0.484 e. The number of rotatable bonds is 6. The molecule has 2 aromatic carbocycles. The number of hydrogen-bond donors (Lipinski definition) is 0. The van der Waals surface area contributed by atoms with Crippen molar-refractivity contribution in [2.75, 3.05) is 31.1 Å². The summed E-state index contributed by atoms with van der Waals surface area (Å²) in [7, 11) is 0. The molecule has 0 N–H and O–H groups in total. The highest BCUT2D eigenvalue weighted by molar-refractivity contribution is 5.91. The van der Waals surface area contributed by atoms with E-state index in [-0.39, 0.29) is 18.3 Å². The van der Waals surface area contributed by atoms with E-state index >= 15 is 0 Å². The minimum absolute atomic E-state index is 0.127. The highest BCUT2D eigenvalue weighted by Gasteiger charge is 2.27. The van der Waals surface area contributed by atoms with E-state index in [1.54, 1.807) is 46.0 Å². The molecule has 0 radical (unpaired) electrons. The standard InChI is InChI=1S/C24H21N7O3/c25-16-18-6-4-5-9-21(18)33-17-20-10-11-22(34-20)23(32)29-12-14-30(15-13-29)24-26-27-28-31(24)19-7-2-1-3-8-19/h1-11H,12-15,17H2. The van der Waals surface area contributed by atoms with E-state index in [1.807, 2.05) is 30.3 Å². The zero-order chi connectivity index (χ0) is 23.3. The van der Waals surface area contributed by atoms with E-state index in [4.69, 9.17) is 14.4 Å². The molecule has 0 bridgehead atoms. The van der Waals surface area contributed by atoms with Crippen molar-refractivity contribution in [3.63, 3.8) is 0 Å². The normalized spacial score (nSPS) is 13.5. The third-order valence-corrected chi connectivity index (χ3v) is 5.55. The third kappa shape index (κ3) is 4.31. The molecule has 5 rings (SSSR count). The summed E-state index contributed by atoms with van der Waals surface area (Å²) in [5.41, 5.74) is 1.32. The molecule has 2 aromatic heterocycles. The molecule has 0 aliphatic carbocycles. The molecule has 1 aliphatic rings. The van der Waals surface area contributed by atoms with Gasteiger partial charge in [-0.05, 0) is 46.8 Å². The van der Waals surface area contributed by atoms with Gasteiger partial charge in [0.15, 0.2) is 5.76 Å². The molecule has 10 nitrogen and oxygen atoms in total. The molecule has 0 atom stereocenters. The van der Waals surface area contributed by atoms with Crippen LogP contribution < -0.4 is 9.64 Å². The molecule has 1 saturated heterocycles. The first-order valence-corrected chi connectivity index (χ1v) is 10.8. The molecular weight excluding hydrogens is 434 g/mol. The van der Waals surface area contributed by atoms with Gasteiger partial charge in [-0.15, -0.1) is 0 Å². The Morgan fingerprint density at radius 2 is 1.76 bits per heavy atom. The summed E-state index contributed by atoms with van der Waals surface area (Å²) in [5.74, 6) is 1.72. The summed E-state index contributed by atoms with van der Waals surface area (Å²) in [6.45, 7) is 2.36. The first kappa shape index (κ1) is 21.2. The van der Waals surface area contributed by atoms with Gasteiger partial charge in [0.05, 0.1) is 11.3 Å². The fourth-order valence-electron chi connectivity index (χ4n) is 3.79. The third-order valence-electron chi connectivity index (χ3n) is 5.55. The molecule has 1 amide bonds. The number of ether oxygens (including phenoxy) is 1. The summed E-state index contributed by atoms with van der Waals surface area (Å²) in [6.07, 6.45) is 0. The highest BCUT2D eigenvalue weighted by atomic mass is 16.5. The van der Waals surface area contributed by atoms with Crippen molar-refractivity contribution in [1.82, 2.24) is 25.1 Å². The van der Waals surface area contributed by atoms with Gasteiger partial charge < -0.3 is 19.0 Å². The minimum Gasteiger partial charge on any atom is -0.484 e. The van der Waals surface area contributed by atoms with E-state index in [0.29, 0.717) is 49.2 Å². The Kier molecular flexibility index (Phi) is 5.90. The highest BCUT2D eigenvalue weighted by Crippen LogP contribution is 2.21. The van der Waals surface area contributed by atoms with Crippen LogP contribution in [0.3, 0.4) is 0 Å². The number of carbonyl (C=O) groups is 1. The lowest BCUT2D eigenvalue weighted by molar-refractivity contribution is 0.0710. The van der Waals surface area contributed by atoms with Gasteiger partial charge in [0.25, 0.3) is 5.91 Å². The van der Waals surface area contributed by atoms with Crippen LogP contribution in [0, 0.1) is 11.3 Å². The summed E-state index contributed by atoms with van der Waals surface area (Å²) in [6, 6.07) is 22.1. The second kappa shape index (κ2) is 9.46. The molecule has 0 unspecified atom stereocenters. The Morgan fingerprint density at radius 1 is 1.00 bits per heavy atom. The zero-order valence-corrected chi connectivity index (χ0v) is 18.2. The van der Waals surface area contributed by atoms with Gasteiger partial charge in [-0.1, -0.05) is 35.4 Å². The van der Waals surface area contributed by atoms with Crippen LogP contribution in [0.5, 0.6) is 5.75 Å². The van der Waals surface area contributed by atoms with Gasteiger partial charge >= 0.3 is 0 Å². The lowest BCUT2D eigenvalue weighted by atomic mass is 10.2. The summed E-state index contributed by atoms with van der Waals surface area (Å²) in [4.78, 5) is 16.8. The second-order valence-corrected chi connectivity index (χ2v) is 7.67. The number of carbonyl (C=O) groups excluding carboxylic acids is 1. The molecule has 1 aliphatic heterocycles. The predicted molar refractivity (Wildman–Crippen MR) is 121 cm³/mol. The molecule has 10 heteroatoms. The number of piperazine rings is 1. The Morgan fingerprint density at radius 3 is 2.56 bits per heavy atom. The van der Waals surface area contributed by atoms with E-state index in [9.17, 15) is 4.79 Å². The lowest BCUT2D eigenvalue weighted by Gasteiger charge is -2.34. The van der Waals surface area contributed by atoms with Crippen molar-refractivity contribution in [2.24, 2.45) is 0 Å². The summed E-state index contributed by atoms with van der Waals surface area (Å²) < 4.78 is 13.1. The number of para-hydroxylation sites is 2. The number of tetrazole rings is 1. The van der Waals surface area contributed by atoms with Crippen molar-refractivity contribution < 1.29 is 13.9 Å². The van der Waals surface area contributed by atoms with Gasteiger partial charge in [0.1, 0.15) is 24.2 Å². The Balaban J connectivity index is 1.19. The van der Waals surface area contributed by atoms with Crippen LogP contribution >= 0.6 is 0 Å². The van der Waals surface area contributed by atoms with Crippen LogP contribution in [0.25, 0.3) is 5.69 Å². The van der Waals surface area contributed by atoms with Crippen LogP contribution in [-0.2, 0) is 6.61 Å². The number of anilines is 1. The average Bonchev–Trinajstić information content (AvgIpc) is 3.58. The molecule has 4 aromatic rings. The molecule has 170 valence electrons. The van der Waals surface area contributed by atoms with Crippen LogP contribution in [0.15, 0.2) is 71.1 Å². The first-order valence-electron chi connectivity index (χ1n) is 10.8. The van der Waals surface area contributed by atoms with Gasteiger partial charge in [-0.2, -0.15) is 9.94 Å². The van der Waals surface area contributed by atoms with Crippen LogP contribution in [-0.4, -0.2) is 57.2 Å². The van der Waals surface area contributed by atoms with E-state index in [1.165, 1.54) is 0 Å². The van der Waals surface area contributed by atoms with Gasteiger partial charge in [-0.25, -0.2) is 0 Å². The van der Waals surface area contributed by atoms with Crippen molar-refractivity contribution in [3.05, 3.63) is 83.8 Å². The molecule has 1 fully saturated rings. The van der Waals surface area contributed by atoms with Crippen molar-refractivity contribution in [3.8, 4) is 17.5 Å². The first-order chi connectivity index (χ1) is 16.7. The Hall–Kier alpha value is -4.65. The number of hydrogen-bond acceptors (Lipinski definition) is 8. The monoisotopic (exact) mass is 455 g/mol. The maximum Gasteiger partial charge on any atom is 0.289 e. The number of furan rings is 1. The number of aromatic nitrogens is 4. The summed E-state index contributed by atoms with van der Waals surface area (Å²) in [5, 5.41) is 21.3. The molecule has 0 saturated carbocycles. The predicted octanol–water partition coefficient (Wildman–Crippen LogP) is 2.67.